The number of nitrogens with one attached hydrogen (secondary N) is 1. The summed E-state index contributed by atoms with van der Waals surface area (Å²) in [4.78, 5) is 29.4. The first-order chi connectivity index (χ1) is 8.39. The van der Waals surface area contributed by atoms with E-state index in [1.165, 1.54) is 0 Å². The maximum atomic E-state index is 12.7. The zero-order valence-corrected chi connectivity index (χ0v) is 9.20. The van der Waals surface area contributed by atoms with Crippen LogP contribution in [0, 0.1) is 0 Å². The third-order valence-corrected chi connectivity index (χ3v) is 2.79. The van der Waals surface area contributed by atoms with Crippen LogP contribution in [0.2, 0.25) is 0 Å². The van der Waals surface area contributed by atoms with E-state index in [9.17, 15) is 22.8 Å². The molecule has 0 unspecified atom stereocenters. The Labute approximate surface area is 99.6 Å². The van der Waals surface area contributed by atoms with Gasteiger partial charge in [0.2, 0.25) is 0 Å². The fraction of sp³-hybridized carbons (Fsp3) is 0.500. The highest BCUT2D eigenvalue weighted by Gasteiger charge is 2.48. The third kappa shape index (κ3) is 2.36. The molecule has 1 aromatic rings. The van der Waals surface area contributed by atoms with Gasteiger partial charge in [-0.2, -0.15) is 13.2 Å². The lowest BCUT2D eigenvalue weighted by Gasteiger charge is -2.26. The standard InChI is InChI=1S/C10H10F3N3O2/c11-10(12,13)7-2-1-3-16(7)9(18)6-4-8(17)15-5-14-6/h4-5,7H,1-3H2,(H,14,15,17)/t7-/m0/s1. The number of likely N-dealkylation sites (tertiary alicyclic amines) is 1. The SMILES string of the molecule is O=C(c1cc(=O)[nH]cn1)N1CCC[C@H]1C(F)(F)F. The summed E-state index contributed by atoms with van der Waals surface area (Å²) < 4.78 is 38.1. The molecule has 1 amide bonds. The van der Waals surface area contributed by atoms with E-state index in [1.807, 2.05) is 0 Å². The van der Waals surface area contributed by atoms with E-state index in [0.29, 0.717) is 6.42 Å². The van der Waals surface area contributed by atoms with E-state index in [2.05, 4.69) is 9.97 Å². The van der Waals surface area contributed by atoms with Crippen molar-refractivity contribution in [1.29, 1.82) is 0 Å². The molecule has 0 radical (unpaired) electrons. The van der Waals surface area contributed by atoms with Gasteiger partial charge in [0.15, 0.2) is 0 Å². The first-order valence-electron chi connectivity index (χ1n) is 5.32. The van der Waals surface area contributed by atoms with Crippen molar-refractivity contribution in [3.63, 3.8) is 0 Å². The lowest BCUT2D eigenvalue weighted by Crippen LogP contribution is -2.45. The Hall–Kier alpha value is -1.86. The van der Waals surface area contributed by atoms with Crippen LogP contribution in [0.1, 0.15) is 23.3 Å². The van der Waals surface area contributed by atoms with Gasteiger partial charge in [-0.15, -0.1) is 0 Å². The minimum Gasteiger partial charge on any atom is -0.325 e. The smallest absolute Gasteiger partial charge is 0.325 e. The molecule has 1 aliphatic heterocycles. The fourth-order valence-corrected chi connectivity index (χ4v) is 1.98. The Balaban J connectivity index is 2.26. The van der Waals surface area contributed by atoms with Crippen molar-refractivity contribution in [2.75, 3.05) is 6.54 Å². The van der Waals surface area contributed by atoms with Crippen LogP contribution in [0.3, 0.4) is 0 Å². The van der Waals surface area contributed by atoms with E-state index >= 15 is 0 Å². The molecule has 0 saturated carbocycles. The number of amides is 1. The Kier molecular flexibility index (Phi) is 3.10. The van der Waals surface area contributed by atoms with Gasteiger partial charge in [-0.25, -0.2) is 4.98 Å². The van der Waals surface area contributed by atoms with Crippen LogP contribution in [0.5, 0.6) is 0 Å². The van der Waals surface area contributed by atoms with Crippen molar-refractivity contribution in [2.24, 2.45) is 0 Å². The van der Waals surface area contributed by atoms with Crippen LogP contribution in [0.4, 0.5) is 13.2 Å². The highest BCUT2D eigenvalue weighted by Crippen LogP contribution is 2.33. The molecule has 1 saturated heterocycles. The number of aromatic amines is 1. The minimum atomic E-state index is -4.45. The summed E-state index contributed by atoms with van der Waals surface area (Å²) in [5, 5.41) is 0. The van der Waals surface area contributed by atoms with Gasteiger partial charge in [0.25, 0.3) is 11.5 Å². The van der Waals surface area contributed by atoms with Crippen LogP contribution in [0.15, 0.2) is 17.2 Å². The molecule has 1 aliphatic rings. The van der Waals surface area contributed by atoms with Crippen LogP contribution in [-0.4, -0.2) is 39.5 Å². The number of carbonyl (C=O) groups excluding carboxylic acids is 1. The van der Waals surface area contributed by atoms with Crippen LogP contribution in [0.25, 0.3) is 0 Å². The van der Waals surface area contributed by atoms with E-state index < -0.39 is 23.7 Å². The van der Waals surface area contributed by atoms with Crippen LogP contribution in [-0.2, 0) is 0 Å². The Morgan fingerprint density at radius 3 is 2.83 bits per heavy atom. The molecule has 1 atom stereocenters. The molecule has 18 heavy (non-hydrogen) atoms. The van der Waals surface area contributed by atoms with Gasteiger partial charge < -0.3 is 9.88 Å². The van der Waals surface area contributed by atoms with Crippen molar-refractivity contribution in [3.8, 4) is 0 Å². The van der Waals surface area contributed by atoms with E-state index in [4.69, 9.17) is 0 Å². The van der Waals surface area contributed by atoms with Crippen molar-refractivity contribution in [1.82, 2.24) is 14.9 Å². The monoisotopic (exact) mass is 261 g/mol. The summed E-state index contributed by atoms with van der Waals surface area (Å²) in [6.07, 6.45) is -3.28. The number of nitrogens with zero attached hydrogens (tertiary/aromatic N) is 2. The number of halogens is 3. The largest absolute Gasteiger partial charge is 0.408 e. The van der Waals surface area contributed by atoms with Crippen molar-refractivity contribution in [2.45, 2.75) is 25.1 Å². The highest BCUT2D eigenvalue weighted by atomic mass is 19.4. The highest BCUT2D eigenvalue weighted by molar-refractivity contribution is 5.92. The molecule has 1 fully saturated rings. The maximum Gasteiger partial charge on any atom is 0.408 e. The Bertz CT molecular complexity index is 512. The quantitative estimate of drug-likeness (QED) is 0.818. The predicted octanol–water partition coefficient (Wildman–Crippen LogP) is 0.937. The molecule has 98 valence electrons. The lowest BCUT2D eigenvalue weighted by atomic mass is 10.2. The average Bonchev–Trinajstić information content (AvgIpc) is 2.76. The predicted molar refractivity (Wildman–Crippen MR) is 55.0 cm³/mol. The van der Waals surface area contributed by atoms with Gasteiger partial charge in [-0.3, -0.25) is 9.59 Å². The molecule has 0 aromatic carbocycles. The summed E-state index contributed by atoms with van der Waals surface area (Å²) in [7, 11) is 0. The number of rotatable bonds is 1. The minimum absolute atomic E-state index is 0.0253. The summed E-state index contributed by atoms with van der Waals surface area (Å²) in [6.45, 7) is 0.0253. The number of hydrogen-bond acceptors (Lipinski definition) is 3. The number of carbonyl (C=O) groups is 1. The van der Waals surface area contributed by atoms with Crippen molar-refractivity contribution >= 4 is 5.91 Å². The number of alkyl halides is 3. The van der Waals surface area contributed by atoms with Gasteiger partial charge in [-0.1, -0.05) is 0 Å². The second kappa shape index (κ2) is 4.43. The zero-order chi connectivity index (χ0) is 13.3. The molecule has 5 nitrogen and oxygen atoms in total. The van der Waals surface area contributed by atoms with Gasteiger partial charge in [-0.05, 0) is 12.8 Å². The molecule has 2 rings (SSSR count). The van der Waals surface area contributed by atoms with E-state index in [1.54, 1.807) is 0 Å². The van der Waals surface area contributed by atoms with Crippen LogP contribution >= 0.6 is 0 Å². The first-order valence-corrected chi connectivity index (χ1v) is 5.32. The fourth-order valence-electron chi connectivity index (χ4n) is 1.98. The molecular formula is C10H10F3N3O2. The number of H-pyrrole nitrogens is 1. The summed E-state index contributed by atoms with van der Waals surface area (Å²) in [5.74, 6) is -0.860. The normalized spacial score (nSPS) is 20.2. The molecule has 0 bridgehead atoms. The molecule has 8 heteroatoms. The summed E-state index contributed by atoms with van der Waals surface area (Å²) in [5.41, 5.74) is -0.842. The van der Waals surface area contributed by atoms with Gasteiger partial charge in [0.1, 0.15) is 11.7 Å². The number of aromatic nitrogens is 2. The van der Waals surface area contributed by atoms with E-state index in [0.717, 1.165) is 17.3 Å². The number of hydrogen-bond donors (Lipinski definition) is 1. The van der Waals surface area contributed by atoms with E-state index in [-0.39, 0.29) is 18.7 Å². The van der Waals surface area contributed by atoms with Gasteiger partial charge in [0.05, 0.1) is 6.33 Å². The van der Waals surface area contributed by atoms with Crippen molar-refractivity contribution < 1.29 is 18.0 Å². The van der Waals surface area contributed by atoms with Crippen LogP contribution < -0.4 is 5.56 Å². The third-order valence-electron chi connectivity index (χ3n) is 2.79. The van der Waals surface area contributed by atoms with Gasteiger partial charge >= 0.3 is 6.18 Å². The molecule has 0 spiro atoms. The molecular weight excluding hydrogens is 251 g/mol. The molecule has 1 N–H and O–H groups in total. The average molecular weight is 261 g/mol. The first kappa shape index (κ1) is 12.6. The Morgan fingerprint density at radius 2 is 2.22 bits per heavy atom. The topological polar surface area (TPSA) is 66.1 Å². The lowest BCUT2D eigenvalue weighted by molar-refractivity contribution is -0.169. The molecule has 2 heterocycles. The second-order valence-corrected chi connectivity index (χ2v) is 3.99. The summed E-state index contributed by atoms with van der Waals surface area (Å²) in [6, 6.07) is -0.889. The molecule has 0 aliphatic carbocycles. The van der Waals surface area contributed by atoms with Gasteiger partial charge in [0, 0.05) is 12.6 Å². The Morgan fingerprint density at radius 1 is 1.50 bits per heavy atom. The zero-order valence-electron chi connectivity index (χ0n) is 9.20. The van der Waals surface area contributed by atoms with Crippen molar-refractivity contribution in [3.05, 3.63) is 28.4 Å². The molecule has 1 aromatic heterocycles. The maximum absolute atomic E-state index is 12.7. The second-order valence-electron chi connectivity index (χ2n) is 3.99. The summed E-state index contributed by atoms with van der Waals surface area (Å²) >= 11 is 0.